The zero-order valence-corrected chi connectivity index (χ0v) is 17.0. The third-order valence-corrected chi connectivity index (χ3v) is 3.75. The quantitative estimate of drug-likeness (QED) is 0.646. The Morgan fingerprint density at radius 1 is 0.846 bits per heavy atom. The van der Waals surface area contributed by atoms with Crippen LogP contribution < -0.4 is 11.5 Å². The van der Waals surface area contributed by atoms with Crippen LogP contribution in [-0.4, -0.2) is 62.7 Å². The molecule has 0 amide bonds. The molecular formula is C16H32Cl2N2O6. The Morgan fingerprint density at radius 2 is 1.19 bits per heavy atom. The molecule has 2 saturated heterocycles. The van der Waals surface area contributed by atoms with Gasteiger partial charge in [0.1, 0.15) is 0 Å². The zero-order valence-electron chi connectivity index (χ0n) is 15.4. The molecule has 156 valence electrons. The Bertz CT molecular complexity index is 367. The summed E-state index contributed by atoms with van der Waals surface area (Å²) in [7, 11) is 0. The normalized spacial score (nSPS) is 27.5. The first kappa shape index (κ1) is 27.6. The molecule has 0 saturated carbocycles. The standard InChI is InChI=1S/2C8H15NO3.2ClH/c2*1-2-11-8(10)7-5-6(9)3-4-12-7;;/h2*6-7H,2-5,9H2,1H3;2*1H/t2*6-,7+;;/m10../s1. The van der Waals surface area contributed by atoms with Crippen LogP contribution in [0.2, 0.25) is 0 Å². The minimum absolute atomic E-state index is 0. The summed E-state index contributed by atoms with van der Waals surface area (Å²) >= 11 is 0. The maximum Gasteiger partial charge on any atom is 0.335 e. The predicted octanol–water partition coefficient (Wildman–Crippen LogP) is 0.955. The van der Waals surface area contributed by atoms with E-state index >= 15 is 0 Å². The first-order chi connectivity index (χ1) is 11.5. The van der Waals surface area contributed by atoms with E-state index in [0.717, 1.165) is 12.8 Å². The van der Waals surface area contributed by atoms with E-state index in [9.17, 15) is 9.59 Å². The smallest absolute Gasteiger partial charge is 0.335 e. The van der Waals surface area contributed by atoms with Crippen molar-refractivity contribution in [3.05, 3.63) is 0 Å². The monoisotopic (exact) mass is 418 g/mol. The van der Waals surface area contributed by atoms with Gasteiger partial charge in [-0.25, -0.2) is 9.59 Å². The molecule has 0 spiro atoms. The van der Waals surface area contributed by atoms with Crippen LogP contribution in [0, 0.1) is 0 Å². The van der Waals surface area contributed by atoms with Gasteiger partial charge in [0.25, 0.3) is 0 Å². The highest BCUT2D eigenvalue weighted by Crippen LogP contribution is 2.13. The fraction of sp³-hybridized carbons (Fsp3) is 0.875. The van der Waals surface area contributed by atoms with Crippen LogP contribution in [-0.2, 0) is 28.5 Å². The van der Waals surface area contributed by atoms with E-state index in [1.807, 2.05) is 0 Å². The first-order valence-electron chi connectivity index (χ1n) is 8.55. The van der Waals surface area contributed by atoms with Crippen LogP contribution in [0.4, 0.5) is 0 Å². The summed E-state index contributed by atoms with van der Waals surface area (Å²) in [5.41, 5.74) is 11.3. The molecule has 0 aliphatic carbocycles. The summed E-state index contributed by atoms with van der Waals surface area (Å²) in [5.74, 6) is -0.569. The fourth-order valence-electron chi connectivity index (χ4n) is 2.44. The highest BCUT2D eigenvalue weighted by molar-refractivity contribution is 5.85. The molecular weight excluding hydrogens is 387 g/mol. The summed E-state index contributed by atoms with van der Waals surface area (Å²) in [5, 5.41) is 0. The van der Waals surface area contributed by atoms with Gasteiger partial charge in [-0.05, 0) is 39.5 Å². The van der Waals surface area contributed by atoms with Crippen molar-refractivity contribution < 1.29 is 28.5 Å². The fourth-order valence-corrected chi connectivity index (χ4v) is 2.44. The molecule has 4 atom stereocenters. The average Bonchev–Trinajstić information content (AvgIpc) is 2.56. The highest BCUT2D eigenvalue weighted by atomic mass is 35.5. The van der Waals surface area contributed by atoms with Crippen molar-refractivity contribution in [3.63, 3.8) is 0 Å². The number of nitrogens with two attached hydrogens (primary N) is 2. The largest absolute Gasteiger partial charge is 0.464 e. The molecule has 2 aliphatic heterocycles. The Balaban J connectivity index is 0. The number of rotatable bonds is 4. The van der Waals surface area contributed by atoms with Gasteiger partial charge in [-0.3, -0.25) is 0 Å². The molecule has 2 rings (SSSR count). The molecule has 0 aromatic heterocycles. The SMILES string of the molecule is CCOC(=O)[C@@H]1C[C@H](N)CCO1.CCOC(=O)[C@H]1C[C@@H](N)CCO1.Cl.Cl. The van der Waals surface area contributed by atoms with Gasteiger partial charge in [0.15, 0.2) is 12.2 Å². The number of carbonyl (C=O) groups is 2. The third-order valence-electron chi connectivity index (χ3n) is 3.75. The maximum atomic E-state index is 11.1. The number of esters is 2. The lowest BCUT2D eigenvalue weighted by molar-refractivity contribution is -0.160. The maximum absolute atomic E-state index is 11.1. The van der Waals surface area contributed by atoms with Crippen molar-refractivity contribution in [2.75, 3.05) is 26.4 Å². The van der Waals surface area contributed by atoms with Crippen LogP contribution in [0.3, 0.4) is 0 Å². The lowest BCUT2D eigenvalue weighted by Crippen LogP contribution is -2.39. The van der Waals surface area contributed by atoms with Crippen LogP contribution in [0.15, 0.2) is 0 Å². The topological polar surface area (TPSA) is 123 Å². The summed E-state index contributed by atoms with van der Waals surface area (Å²) in [6.07, 6.45) is 1.95. The van der Waals surface area contributed by atoms with Crippen LogP contribution in [0.1, 0.15) is 39.5 Å². The van der Waals surface area contributed by atoms with Crippen LogP contribution in [0.25, 0.3) is 0 Å². The molecule has 4 N–H and O–H groups in total. The van der Waals surface area contributed by atoms with Gasteiger partial charge in [-0.2, -0.15) is 0 Å². The minimum atomic E-state index is -0.436. The van der Waals surface area contributed by atoms with Crippen molar-refractivity contribution in [3.8, 4) is 0 Å². The molecule has 0 radical (unpaired) electrons. The van der Waals surface area contributed by atoms with Gasteiger partial charge in [0, 0.05) is 25.3 Å². The van der Waals surface area contributed by atoms with E-state index in [4.69, 9.17) is 30.4 Å². The summed E-state index contributed by atoms with van der Waals surface area (Å²) in [6.45, 7) is 5.47. The van der Waals surface area contributed by atoms with Gasteiger partial charge in [-0.1, -0.05) is 0 Å². The lowest BCUT2D eigenvalue weighted by atomic mass is 10.0. The Labute approximate surface area is 167 Å². The molecule has 0 aromatic carbocycles. The van der Waals surface area contributed by atoms with Crippen molar-refractivity contribution in [1.82, 2.24) is 0 Å². The molecule has 2 aliphatic rings. The third kappa shape index (κ3) is 10.5. The van der Waals surface area contributed by atoms with Gasteiger partial charge in [0.2, 0.25) is 0 Å². The number of carbonyl (C=O) groups excluding carboxylic acids is 2. The molecule has 2 fully saturated rings. The average molecular weight is 419 g/mol. The molecule has 0 unspecified atom stereocenters. The van der Waals surface area contributed by atoms with E-state index in [1.165, 1.54) is 0 Å². The summed E-state index contributed by atoms with van der Waals surface area (Å²) in [4.78, 5) is 22.3. The molecule has 0 aromatic rings. The second-order valence-electron chi connectivity index (χ2n) is 5.79. The highest BCUT2D eigenvalue weighted by Gasteiger charge is 2.27. The van der Waals surface area contributed by atoms with Crippen molar-refractivity contribution in [2.24, 2.45) is 11.5 Å². The van der Waals surface area contributed by atoms with E-state index in [1.54, 1.807) is 13.8 Å². The van der Waals surface area contributed by atoms with E-state index in [2.05, 4.69) is 0 Å². The zero-order chi connectivity index (χ0) is 17.9. The van der Waals surface area contributed by atoms with Crippen molar-refractivity contribution in [1.29, 1.82) is 0 Å². The van der Waals surface area contributed by atoms with Gasteiger partial charge >= 0.3 is 11.9 Å². The van der Waals surface area contributed by atoms with Crippen molar-refractivity contribution in [2.45, 2.75) is 63.8 Å². The number of hydrogen-bond acceptors (Lipinski definition) is 8. The number of halogens is 2. The minimum Gasteiger partial charge on any atom is -0.464 e. The second kappa shape index (κ2) is 15.4. The molecule has 10 heteroatoms. The molecule has 26 heavy (non-hydrogen) atoms. The lowest BCUT2D eigenvalue weighted by Gasteiger charge is -2.25. The Kier molecular flexibility index (Phi) is 16.4. The first-order valence-corrected chi connectivity index (χ1v) is 8.55. The van der Waals surface area contributed by atoms with Crippen LogP contribution >= 0.6 is 24.8 Å². The van der Waals surface area contributed by atoms with Gasteiger partial charge < -0.3 is 30.4 Å². The summed E-state index contributed by atoms with van der Waals surface area (Å²) < 4.78 is 20.0. The molecule has 2 heterocycles. The van der Waals surface area contributed by atoms with E-state index < -0.39 is 12.2 Å². The Morgan fingerprint density at radius 3 is 1.46 bits per heavy atom. The molecule has 8 nitrogen and oxygen atoms in total. The van der Waals surface area contributed by atoms with Gasteiger partial charge in [-0.15, -0.1) is 24.8 Å². The van der Waals surface area contributed by atoms with Crippen molar-refractivity contribution >= 4 is 36.8 Å². The Hall–Kier alpha value is -0.640. The van der Waals surface area contributed by atoms with E-state index in [0.29, 0.717) is 39.3 Å². The summed E-state index contributed by atoms with van der Waals surface area (Å²) in [6, 6.07) is 0.154. The number of hydrogen-bond donors (Lipinski definition) is 2. The second-order valence-corrected chi connectivity index (χ2v) is 5.79. The van der Waals surface area contributed by atoms with E-state index in [-0.39, 0.29) is 48.8 Å². The van der Waals surface area contributed by atoms with Crippen LogP contribution in [0.5, 0.6) is 0 Å². The van der Waals surface area contributed by atoms with Gasteiger partial charge in [0.05, 0.1) is 13.2 Å². The molecule has 0 bridgehead atoms. The predicted molar refractivity (Wildman–Crippen MR) is 102 cm³/mol. The number of ether oxygens (including phenoxy) is 4.